The third-order valence-corrected chi connectivity index (χ3v) is 4.62. The van der Waals surface area contributed by atoms with Gasteiger partial charge in [0.1, 0.15) is 5.82 Å². The number of fused-ring (bicyclic) bond motifs is 1. The first-order valence-electron chi connectivity index (χ1n) is 7.95. The van der Waals surface area contributed by atoms with Crippen molar-refractivity contribution in [2.75, 3.05) is 29.9 Å². The second-order valence-electron chi connectivity index (χ2n) is 5.96. The van der Waals surface area contributed by atoms with Gasteiger partial charge in [-0.25, -0.2) is 4.39 Å². The van der Waals surface area contributed by atoms with Crippen molar-refractivity contribution in [2.45, 2.75) is 6.54 Å². The Morgan fingerprint density at radius 3 is 2.80 bits per heavy atom. The Balaban J connectivity index is 1.60. The van der Waals surface area contributed by atoms with E-state index in [1.807, 2.05) is 30.1 Å². The van der Waals surface area contributed by atoms with Gasteiger partial charge >= 0.3 is 0 Å². The average Bonchev–Trinajstić information content (AvgIpc) is 3.06. The highest BCUT2D eigenvalue weighted by Crippen LogP contribution is 2.34. The molecule has 25 heavy (non-hydrogen) atoms. The molecular weight excluding hydrogens is 343 g/mol. The normalized spacial score (nSPS) is 13.9. The zero-order valence-corrected chi connectivity index (χ0v) is 14.4. The Kier molecular flexibility index (Phi) is 4.05. The van der Waals surface area contributed by atoms with Crippen molar-refractivity contribution in [1.82, 2.24) is 10.2 Å². The number of benzene rings is 2. The van der Waals surface area contributed by atoms with Gasteiger partial charge in [-0.05, 0) is 30.3 Å². The fraction of sp³-hybridized carbons (Fsp3) is 0.222. The first-order valence-corrected chi connectivity index (χ1v) is 8.32. The monoisotopic (exact) mass is 358 g/mol. The van der Waals surface area contributed by atoms with Crippen molar-refractivity contribution >= 4 is 23.0 Å². The van der Waals surface area contributed by atoms with E-state index in [1.54, 1.807) is 18.2 Å². The van der Waals surface area contributed by atoms with Crippen molar-refractivity contribution in [1.29, 1.82) is 0 Å². The van der Waals surface area contributed by atoms with E-state index in [0.717, 1.165) is 24.5 Å². The Morgan fingerprint density at radius 2 is 1.96 bits per heavy atom. The molecule has 7 heteroatoms. The molecule has 0 amide bonds. The summed E-state index contributed by atoms with van der Waals surface area (Å²) in [5, 5.41) is 8.80. The third-order valence-electron chi connectivity index (χ3n) is 4.29. The topological polar surface area (TPSA) is 45.4 Å². The minimum absolute atomic E-state index is 0.244. The first kappa shape index (κ1) is 15.9. The van der Waals surface area contributed by atoms with Crippen LogP contribution in [-0.2, 0) is 6.54 Å². The molecule has 0 bridgehead atoms. The molecule has 4 rings (SSSR count). The van der Waals surface area contributed by atoms with Gasteiger partial charge < -0.3 is 14.2 Å². The maximum absolute atomic E-state index is 13.6. The van der Waals surface area contributed by atoms with Crippen LogP contribution in [0.4, 0.5) is 15.8 Å². The molecule has 0 aliphatic carbocycles. The molecule has 0 fully saturated rings. The highest BCUT2D eigenvalue weighted by atomic mass is 35.5. The second kappa shape index (κ2) is 6.37. The minimum atomic E-state index is -0.244. The highest BCUT2D eigenvalue weighted by Gasteiger charge is 2.23. The summed E-state index contributed by atoms with van der Waals surface area (Å²) in [6.07, 6.45) is 0. The quantitative estimate of drug-likeness (QED) is 0.708. The van der Waals surface area contributed by atoms with Gasteiger partial charge in [0.25, 0.3) is 0 Å². The number of aromatic nitrogens is 2. The fourth-order valence-corrected chi connectivity index (χ4v) is 3.19. The summed E-state index contributed by atoms with van der Waals surface area (Å²) >= 11 is 6.18. The van der Waals surface area contributed by atoms with E-state index >= 15 is 0 Å². The van der Waals surface area contributed by atoms with Crippen LogP contribution in [0.5, 0.6) is 0 Å². The lowest BCUT2D eigenvalue weighted by Crippen LogP contribution is -2.38. The number of likely N-dealkylation sites (N-methyl/N-ethyl adjacent to an activating group) is 1. The molecule has 5 nitrogen and oxygen atoms in total. The molecule has 0 radical (unpaired) electrons. The molecule has 3 aromatic rings. The number of hydrogen-bond acceptors (Lipinski definition) is 5. The molecule has 1 aromatic heterocycles. The summed E-state index contributed by atoms with van der Waals surface area (Å²) in [5.41, 5.74) is 2.52. The zero-order chi connectivity index (χ0) is 17.4. The Hall–Kier alpha value is -2.60. The standard InChI is InChI=1S/C18H16ClFN4O/c1-23-8-9-24(15-7-6-12(20)10-16(15)23)11-17-21-22-18(25-17)13-4-2-3-5-14(13)19/h2-7,10H,8-9,11H2,1H3. The molecule has 0 atom stereocenters. The summed E-state index contributed by atoms with van der Waals surface area (Å²) in [6, 6.07) is 12.1. The molecule has 2 heterocycles. The largest absolute Gasteiger partial charge is 0.419 e. The van der Waals surface area contributed by atoms with Gasteiger partial charge in [0.2, 0.25) is 11.8 Å². The molecule has 0 saturated carbocycles. The van der Waals surface area contributed by atoms with Gasteiger partial charge in [-0.3, -0.25) is 0 Å². The predicted octanol–water partition coefficient (Wildman–Crippen LogP) is 3.99. The molecule has 0 spiro atoms. The van der Waals surface area contributed by atoms with E-state index in [-0.39, 0.29) is 5.82 Å². The summed E-state index contributed by atoms with van der Waals surface area (Å²) in [4.78, 5) is 4.15. The lowest BCUT2D eigenvalue weighted by Gasteiger charge is -2.36. The van der Waals surface area contributed by atoms with Crippen molar-refractivity contribution in [3.8, 4) is 11.5 Å². The fourth-order valence-electron chi connectivity index (χ4n) is 2.97. The average molecular weight is 359 g/mol. The van der Waals surface area contributed by atoms with Crippen LogP contribution in [0, 0.1) is 5.82 Å². The Morgan fingerprint density at radius 1 is 1.12 bits per heavy atom. The lowest BCUT2D eigenvalue weighted by atomic mass is 10.1. The van der Waals surface area contributed by atoms with Crippen LogP contribution in [0.3, 0.4) is 0 Å². The molecule has 1 aliphatic rings. The Bertz CT molecular complexity index is 914. The van der Waals surface area contributed by atoms with Gasteiger partial charge in [0.05, 0.1) is 28.5 Å². The molecule has 2 aromatic carbocycles. The van der Waals surface area contributed by atoms with Crippen molar-refractivity contribution in [2.24, 2.45) is 0 Å². The van der Waals surface area contributed by atoms with Crippen LogP contribution in [0.2, 0.25) is 5.02 Å². The first-order chi connectivity index (χ1) is 12.1. The van der Waals surface area contributed by atoms with E-state index in [9.17, 15) is 4.39 Å². The number of rotatable bonds is 3. The summed E-state index contributed by atoms with van der Waals surface area (Å²) in [6.45, 7) is 2.05. The van der Waals surface area contributed by atoms with Crippen LogP contribution in [0.15, 0.2) is 46.9 Å². The maximum Gasteiger partial charge on any atom is 0.249 e. The third kappa shape index (κ3) is 3.05. The number of halogens is 2. The molecule has 0 N–H and O–H groups in total. The van der Waals surface area contributed by atoms with Crippen LogP contribution in [0.1, 0.15) is 5.89 Å². The SMILES string of the molecule is CN1CCN(Cc2nnc(-c3ccccc3Cl)o2)c2ccc(F)cc21. The van der Waals surface area contributed by atoms with E-state index in [1.165, 1.54) is 6.07 Å². The van der Waals surface area contributed by atoms with Gasteiger partial charge in [0.15, 0.2) is 0 Å². The van der Waals surface area contributed by atoms with Crippen molar-refractivity contribution in [3.05, 3.63) is 59.2 Å². The number of nitrogens with zero attached hydrogens (tertiary/aromatic N) is 4. The zero-order valence-electron chi connectivity index (χ0n) is 13.6. The summed E-state index contributed by atoms with van der Waals surface area (Å²) in [7, 11) is 1.96. The predicted molar refractivity (Wildman–Crippen MR) is 95.5 cm³/mol. The smallest absolute Gasteiger partial charge is 0.249 e. The van der Waals surface area contributed by atoms with Gasteiger partial charge in [0, 0.05) is 20.1 Å². The van der Waals surface area contributed by atoms with Crippen LogP contribution >= 0.6 is 11.6 Å². The van der Waals surface area contributed by atoms with E-state index < -0.39 is 0 Å². The Labute approximate surface area is 149 Å². The van der Waals surface area contributed by atoms with E-state index in [2.05, 4.69) is 15.1 Å². The molecule has 1 aliphatic heterocycles. The minimum Gasteiger partial charge on any atom is -0.419 e. The van der Waals surface area contributed by atoms with E-state index in [4.69, 9.17) is 16.0 Å². The molecule has 0 unspecified atom stereocenters. The molecule has 0 saturated heterocycles. The second-order valence-corrected chi connectivity index (χ2v) is 6.36. The van der Waals surface area contributed by atoms with Crippen LogP contribution in [-0.4, -0.2) is 30.3 Å². The van der Waals surface area contributed by atoms with Gasteiger partial charge in [-0.1, -0.05) is 23.7 Å². The van der Waals surface area contributed by atoms with Crippen LogP contribution < -0.4 is 9.80 Å². The van der Waals surface area contributed by atoms with Gasteiger partial charge in [-0.15, -0.1) is 10.2 Å². The van der Waals surface area contributed by atoms with Crippen molar-refractivity contribution in [3.63, 3.8) is 0 Å². The maximum atomic E-state index is 13.6. The molecule has 128 valence electrons. The van der Waals surface area contributed by atoms with E-state index in [0.29, 0.717) is 28.9 Å². The van der Waals surface area contributed by atoms with Crippen molar-refractivity contribution < 1.29 is 8.81 Å². The lowest BCUT2D eigenvalue weighted by molar-refractivity contribution is 0.496. The van der Waals surface area contributed by atoms with Gasteiger partial charge in [-0.2, -0.15) is 0 Å². The number of hydrogen-bond donors (Lipinski definition) is 0. The molecular formula is C18H16ClFN4O. The summed E-state index contributed by atoms with van der Waals surface area (Å²) < 4.78 is 19.3. The summed E-state index contributed by atoms with van der Waals surface area (Å²) in [5.74, 6) is 0.648. The highest BCUT2D eigenvalue weighted by molar-refractivity contribution is 6.33. The van der Waals surface area contributed by atoms with Crippen LogP contribution in [0.25, 0.3) is 11.5 Å². The number of anilines is 2.